The lowest BCUT2D eigenvalue weighted by Gasteiger charge is -2.19. The highest BCUT2D eigenvalue weighted by atomic mass is 16.5. The monoisotopic (exact) mass is 255 g/mol. The largest absolute Gasteiger partial charge is 0.467 e. The number of rotatable bonds is 8. The van der Waals surface area contributed by atoms with Gasteiger partial charge in [0.1, 0.15) is 11.3 Å². The van der Waals surface area contributed by atoms with Crippen LogP contribution in [0.5, 0.6) is 0 Å². The van der Waals surface area contributed by atoms with Gasteiger partial charge in [0.2, 0.25) is 0 Å². The van der Waals surface area contributed by atoms with Crippen molar-refractivity contribution in [2.45, 2.75) is 26.8 Å². The van der Waals surface area contributed by atoms with Crippen LogP contribution in [0.2, 0.25) is 0 Å². The first-order valence-corrected chi connectivity index (χ1v) is 6.29. The van der Waals surface area contributed by atoms with Gasteiger partial charge in [0, 0.05) is 6.54 Å². The van der Waals surface area contributed by atoms with Crippen LogP contribution in [0.25, 0.3) is 0 Å². The van der Waals surface area contributed by atoms with Gasteiger partial charge in [-0.15, -0.1) is 0 Å². The molecule has 0 fully saturated rings. The van der Waals surface area contributed by atoms with Gasteiger partial charge in [-0.2, -0.15) is 0 Å². The van der Waals surface area contributed by atoms with E-state index in [0.717, 1.165) is 13.0 Å². The Morgan fingerprint density at radius 3 is 2.83 bits per heavy atom. The van der Waals surface area contributed by atoms with Crippen LogP contribution in [0.4, 0.5) is 0 Å². The number of aliphatic hydroxyl groups is 1. The number of aliphatic hydroxyl groups excluding tert-OH is 1. The van der Waals surface area contributed by atoms with Crippen LogP contribution in [0.1, 0.15) is 36.4 Å². The van der Waals surface area contributed by atoms with E-state index < -0.39 is 0 Å². The first-order chi connectivity index (χ1) is 8.72. The molecule has 1 aromatic rings. The predicted octanol–water partition coefficient (Wildman–Crippen LogP) is 1.66. The molecule has 0 aliphatic rings. The van der Waals surface area contributed by atoms with Crippen molar-refractivity contribution in [3.05, 3.63) is 23.7 Å². The molecule has 1 rings (SSSR count). The maximum Gasteiger partial charge on any atom is 0.341 e. The Hall–Kier alpha value is -1.33. The Morgan fingerprint density at radius 1 is 1.44 bits per heavy atom. The first-order valence-electron chi connectivity index (χ1n) is 6.29. The average molecular weight is 255 g/mol. The van der Waals surface area contributed by atoms with E-state index in [1.165, 1.54) is 6.26 Å². The third-order valence-electron chi connectivity index (χ3n) is 2.56. The van der Waals surface area contributed by atoms with Crippen molar-refractivity contribution in [3.8, 4) is 0 Å². The summed E-state index contributed by atoms with van der Waals surface area (Å²) >= 11 is 0. The molecule has 18 heavy (non-hydrogen) atoms. The molecule has 0 saturated heterocycles. The molecule has 1 heterocycles. The fourth-order valence-corrected chi connectivity index (χ4v) is 1.78. The summed E-state index contributed by atoms with van der Waals surface area (Å²) in [6.45, 7) is 6.20. The number of carbonyl (C=O) groups is 1. The van der Waals surface area contributed by atoms with Crippen molar-refractivity contribution in [1.29, 1.82) is 0 Å². The first kappa shape index (κ1) is 14.7. The van der Waals surface area contributed by atoms with Gasteiger partial charge in [0.25, 0.3) is 0 Å². The molecule has 102 valence electrons. The number of ether oxygens (including phenoxy) is 1. The Kier molecular flexibility index (Phi) is 6.46. The number of hydrogen-bond acceptors (Lipinski definition) is 5. The quantitative estimate of drug-likeness (QED) is 0.716. The predicted molar refractivity (Wildman–Crippen MR) is 67.3 cm³/mol. The van der Waals surface area contributed by atoms with E-state index in [0.29, 0.717) is 31.0 Å². The molecule has 0 aliphatic heterocycles. The minimum atomic E-state index is -0.360. The van der Waals surface area contributed by atoms with Gasteiger partial charge in [-0.25, -0.2) is 4.79 Å². The Balaban J connectivity index is 2.70. The van der Waals surface area contributed by atoms with Gasteiger partial charge in [0.05, 0.1) is 26.0 Å². The summed E-state index contributed by atoms with van der Waals surface area (Å²) in [4.78, 5) is 13.7. The third kappa shape index (κ3) is 4.16. The zero-order chi connectivity index (χ0) is 13.4. The summed E-state index contributed by atoms with van der Waals surface area (Å²) in [5, 5.41) is 8.99. The van der Waals surface area contributed by atoms with E-state index in [1.54, 1.807) is 13.0 Å². The number of carbonyl (C=O) groups excluding carboxylic acids is 1. The second-order valence-corrected chi connectivity index (χ2v) is 3.98. The lowest BCUT2D eigenvalue weighted by atomic mass is 10.2. The molecule has 0 spiro atoms. The molecule has 1 N–H and O–H groups in total. The normalized spacial score (nSPS) is 10.9. The molecule has 0 aliphatic carbocycles. The maximum atomic E-state index is 11.7. The van der Waals surface area contributed by atoms with Crippen LogP contribution in [0, 0.1) is 0 Å². The van der Waals surface area contributed by atoms with Crippen molar-refractivity contribution in [2.75, 3.05) is 26.3 Å². The minimum absolute atomic E-state index is 0.0927. The van der Waals surface area contributed by atoms with E-state index in [1.807, 2.05) is 4.90 Å². The van der Waals surface area contributed by atoms with E-state index in [2.05, 4.69) is 6.92 Å². The van der Waals surface area contributed by atoms with Crippen LogP contribution < -0.4 is 0 Å². The molecule has 5 heteroatoms. The van der Waals surface area contributed by atoms with Gasteiger partial charge < -0.3 is 14.3 Å². The lowest BCUT2D eigenvalue weighted by molar-refractivity contribution is 0.0521. The van der Waals surface area contributed by atoms with Crippen molar-refractivity contribution in [2.24, 2.45) is 0 Å². The average Bonchev–Trinajstić information content (AvgIpc) is 2.78. The molecule has 0 aromatic carbocycles. The van der Waals surface area contributed by atoms with E-state index >= 15 is 0 Å². The minimum Gasteiger partial charge on any atom is -0.467 e. The number of nitrogens with zero attached hydrogens (tertiary/aromatic N) is 1. The van der Waals surface area contributed by atoms with E-state index in [9.17, 15) is 4.79 Å². The fourth-order valence-electron chi connectivity index (χ4n) is 1.78. The van der Waals surface area contributed by atoms with Gasteiger partial charge in [-0.1, -0.05) is 6.92 Å². The molecule has 0 amide bonds. The van der Waals surface area contributed by atoms with Crippen LogP contribution in [0.15, 0.2) is 16.7 Å². The van der Waals surface area contributed by atoms with Crippen LogP contribution in [-0.4, -0.2) is 42.3 Å². The van der Waals surface area contributed by atoms with Crippen molar-refractivity contribution in [3.63, 3.8) is 0 Å². The van der Waals surface area contributed by atoms with Gasteiger partial charge >= 0.3 is 5.97 Å². The van der Waals surface area contributed by atoms with Crippen molar-refractivity contribution < 1.29 is 19.1 Å². The topological polar surface area (TPSA) is 62.9 Å². The van der Waals surface area contributed by atoms with Gasteiger partial charge in [-0.05, 0) is 26.0 Å². The Morgan fingerprint density at radius 2 is 2.22 bits per heavy atom. The number of esters is 1. The van der Waals surface area contributed by atoms with Crippen molar-refractivity contribution >= 4 is 5.97 Å². The highest BCUT2D eigenvalue weighted by Crippen LogP contribution is 2.14. The fraction of sp³-hybridized carbons (Fsp3) is 0.615. The summed E-state index contributed by atoms with van der Waals surface area (Å²) < 4.78 is 10.3. The van der Waals surface area contributed by atoms with Gasteiger partial charge in [0.15, 0.2) is 0 Å². The number of furan rings is 1. The molecule has 0 atom stereocenters. The van der Waals surface area contributed by atoms with E-state index in [4.69, 9.17) is 14.3 Å². The van der Waals surface area contributed by atoms with Crippen LogP contribution >= 0.6 is 0 Å². The molecule has 0 saturated carbocycles. The smallest absolute Gasteiger partial charge is 0.341 e. The standard InChI is InChI=1S/C13H21NO4/c1-3-6-14(7-8-15)10-12-11(5-9-18-12)13(16)17-4-2/h5,9,15H,3-4,6-8,10H2,1-2H3. The third-order valence-corrected chi connectivity index (χ3v) is 2.56. The molecule has 0 bridgehead atoms. The summed E-state index contributed by atoms with van der Waals surface area (Å²) in [6.07, 6.45) is 2.47. The molecular weight excluding hydrogens is 234 g/mol. The van der Waals surface area contributed by atoms with Crippen LogP contribution in [0.3, 0.4) is 0 Å². The summed E-state index contributed by atoms with van der Waals surface area (Å²) in [5.74, 6) is 0.233. The van der Waals surface area contributed by atoms with Crippen molar-refractivity contribution in [1.82, 2.24) is 4.90 Å². The van der Waals surface area contributed by atoms with E-state index in [-0.39, 0.29) is 12.6 Å². The summed E-state index contributed by atoms with van der Waals surface area (Å²) in [7, 11) is 0. The molecule has 1 aromatic heterocycles. The van der Waals surface area contributed by atoms with Crippen LogP contribution in [-0.2, 0) is 11.3 Å². The lowest BCUT2D eigenvalue weighted by Crippen LogP contribution is -2.27. The zero-order valence-corrected chi connectivity index (χ0v) is 11.0. The van der Waals surface area contributed by atoms with Gasteiger partial charge in [-0.3, -0.25) is 4.90 Å². The summed E-state index contributed by atoms with van der Waals surface area (Å²) in [5.41, 5.74) is 0.468. The second kappa shape index (κ2) is 7.89. The highest BCUT2D eigenvalue weighted by molar-refractivity contribution is 5.90. The second-order valence-electron chi connectivity index (χ2n) is 3.98. The molecule has 0 unspecified atom stereocenters. The zero-order valence-electron chi connectivity index (χ0n) is 11.0. The SMILES string of the molecule is CCCN(CCO)Cc1occc1C(=O)OCC. The molecular formula is C13H21NO4. The Bertz CT molecular complexity index is 356. The molecule has 5 nitrogen and oxygen atoms in total. The maximum absolute atomic E-state index is 11.7. The highest BCUT2D eigenvalue weighted by Gasteiger charge is 2.17. The number of hydrogen-bond donors (Lipinski definition) is 1. The summed E-state index contributed by atoms with van der Waals surface area (Å²) in [6, 6.07) is 1.62. The molecule has 0 radical (unpaired) electrons. The Labute approximate surface area is 107 Å².